The Balaban J connectivity index is 1.47. The number of sulfonamides is 1. The van der Waals surface area contributed by atoms with Gasteiger partial charge in [0.25, 0.3) is 0 Å². The van der Waals surface area contributed by atoms with Gasteiger partial charge in [-0.05, 0) is 72.5 Å². The average molecular weight is 709 g/mol. The standard InChI is InChI=1S/C37H39Cl2N3O5S/c1-48(45,46)42(30-18-20-32(21-19-30)47-31-15-9-4-10-16-31)26-36(43)41(25-28-17-22-33(38)34(39)23-28)35(24-27-11-5-2-6-12-27)37(44)40-29-13-7-3-8-14-29/h2,4-6,9-12,15-23,29,35H,3,7-8,13-14,24-26H2,1H3,(H,40,44)/t35-/m0/s1. The maximum absolute atomic E-state index is 14.4. The van der Waals surface area contributed by atoms with Crippen LogP contribution in [-0.2, 0) is 32.6 Å². The molecule has 0 aromatic heterocycles. The lowest BCUT2D eigenvalue weighted by Gasteiger charge is -2.35. The zero-order valence-corrected chi connectivity index (χ0v) is 29.1. The molecule has 0 radical (unpaired) electrons. The molecule has 0 unspecified atom stereocenters. The Hall–Kier alpha value is -4.05. The van der Waals surface area contributed by atoms with Gasteiger partial charge in [0.2, 0.25) is 21.8 Å². The molecule has 1 fully saturated rings. The van der Waals surface area contributed by atoms with Gasteiger partial charge >= 0.3 is 0 Å². The van der Waals surface area contributed by atoms with E-state index in [2.05, 4.69) is 5.32 Å². The smallest absolute Gasteiger partial charge is 0.244 e. The highest BCUT2D eigenvalue weighted by molar-refractivity contribution is 7.92. The number of hydrogen-bond acceptors (Lipinski definition) is 5. The highest BCUT2D eigenvalue weighted by atomic mass is 35.5. The van der Waals surface area contributed by atoms with Crippen LogP contribution in [0, 0.1) is 0 Å². The van der Waals surface area contributed by atoms with Gasteiger partial charge in [0.05, 0.1) is 22.0 Å². The highest BCUT2D eigenvalue weighted by Crippen LogP contribution is 2.28. The molecule has 8 nitrogen and oxygen atoms in total. The molecule has 1 aliphatic rings. The SMILES string of the molecule is CS(=O)(=O)N(CC(=O)N(Cc1ccc(Cl)c(Cl)c1)[C@@H](Cc1ccccc1)C(=O)NC1CCCCC1)c1ccc(Oc2ccccc2)cc1. The van der Waals surface area contributed by atoms with Crippen molar-refractivity contribution >= 4 is 50.7 Å². The number of amides is 2. The van der Waals surface area contributed by atoms with Crippen molar-refractivity contribution < 1.29 is 22.7 Å². The van der Waals surface area contributed by atoms with Crippen LogP contribution < -0.4 is 14.4 Å². The van der Waals surface area contributed by atoms with Gasteiger partial charge in [-0.15, -0.1) is 0 Å². The molecule has 252 valence electrons. The second kappa shape index (κ2) is 16.4. The number of halogens is 2. The fourth-order valence-electron chi connectivity index (χ4n) is 5.85. The lowest BCUT2D eigenvalue weighted by Crippen LogP contribution is -2.55. The predicted molar refractivity (Wildman–Crippen MR) is 191 cm³/mol. The van der Waals surface area contributed by atoms with Crippen LogP contribution in [0.25, 0.3) is 0 Å². The summed E-state index contributed by atoms with van der Waals surface area (Å²) in [4.78, 5) is 30.0. The molecular formula is C37H39Cl2N3O5S. The second-order valence-electron chi connectivity index (χ2n) is 12.0. The monoisotopic (exact) mass is 707 g/mol. The van der Waals surface area contributed by atoms with E-state index in [9.17, 15) is 18.0 Å². The summed E-state index contributed by atoms with van der Waals surface area (Å²) in [6, 6.07) is 29.3. The molecule has 1 aliphatic carbocycles. The molecule has 0 bridgehead atoms. The molecule has 1 saturated carbocycles. The van der Waals surface area contributed by atoms with Crippen molar-refractivity contribution in [2.75, 3.05) is 17.1 Å². The summed E-state index contributed by atoms with van der Waals surface area (Å²) in [6.45, 7) is -0.520. The van der Waals surface area contributed by atoms with E-state index in [1.165, 1.54) is 4.90 Å². The molecule has 2 amide bonds. The van der Waals surface area contributed by atoms with Gasteiger partial charge in [0.15, 0.2) is 0 Å². The van der Waals surface area contributed by atoms with E-state index in [1.807, 2.05) is 60.7 Å². The number of rotatable bonds is 13. The van der Waals surface area contributed by atoms with E-state index in [0.717, 1.165) is 48.2 Å². The van der Waals surface area contributed by atoms with E-state index < -0.39 is 28.5 Å². The Bertz CT molecular complexity index is 1790. The molecule has 0 heterocycles. The van der Waals surface area contributed by atoms with Gasteiger partial charge in [-0.2, -0.15) is 0 Å². The van der Waals surface area contributed by atoms with Crippen molar-refractivity contribution in [1.82, 2.24) is 10.2 Å². The van der Waals surface area contributed by atoms with Crippen LogP contribution in [0.5, 0.6) is 11.5 Å². The minimum atomic E-state index is -3.93. The molecule has 1 N–H and O–H groups in total. The molecule has 1 atom stereocenters. The van der Waals surface area contributed by atoms with Crippen molar-refractivity contribution in [3.63, 3.8) is 0 Å². The zero-order chi connectivity index (χ0) is 34.1. The lowest BCUT2D eigenvalue weighted by atomic mass is 9.94. The summed E-state index contributed by atoms with van der Waals surface area (Å²) in [5, 5.41) is 3.86. The topological polar surface area (TPSA) is 96.0 Å². The van der Waals surface area contributed by atoms with E-state index >= 15 is 0 Å². The van der Waals surface area contributed by atoms with E-state index in [1.54, 1.807) is 42.5 Å². The number of carbonyl (C=O) groups excluding carboxylic acids is 2. The number of anilines is 1. The van der Waals surface area contributed by atoms with Crippen molar-refractivity contribution in [2.45, 2.75) is 57.2 Å². The van der Waals surface area contributed by atoms with Crippen LogP contribution in [0.4, 0.5) is 5.69 Å². The number of para-hydroxylation sites is 1. The lowest BCUT2D eigenvalue weighted by molar-refractivity contribution is -0.140. The summed E-state index contributed by atoms with van der Waals surface area (Å²) >= 11 is 12.5. The quantitative estimate of drug-likeness (QED) is 0.154. The summed E-state index contributed by atoms with van der Waals surface area (Å²) < 4.78 is 33.3. The van der Waals surface area contributed by atoms with Crippen molar-refractivity contribution in [1.29, 1.82) is 0 Å². The van der Waals surface area contributed by atoms with E-state index in [0.29, 0.717) is 27.1 Å². The largest absolute Gasteiger partial charge is 0.457 e. The van der Waals surface area contributed by atoms with Gasteiger partial charge in [-0.1, -0.05) is 97.1 Å². The van der Waals surface area contributed by atoms with Crippen LogP contribution >= 0.6 is 23.2 Å². The average Bonchev–Trinajstić information content (AvgIpc) is 3.08. The summed E-state index contributed by atoms with van der Waals surface area (Å²) in [5.74, 6) is 0.311. The number of ether oxygens (including phenoxy) is 1. The maximum atomic E-state index is 14.4. The second-order valence-corrected chi connectivity index (χ2v) is 14.7. The van der Waals surface area contributed by atoms with Gasteiger partial charge in [0.1, 0.15) is 24.1 Å². The normalized spacial score (nSPS) is 14.1. The Labute approximate surface area is 292 Å². The molecule has 48 heavy (non-hydrogen) atoms. The van der Waals surface area contributed by atoms with E-state index in [-0.39, 0.29) is 30.6 Å². The number of nitrogens with one attached hydrogen (secondary N) is 1. The molecule has 0 saturated heterocycles. The summed E-state index contributed by atoms with van der Waals surface area (Å²) in [6.07, 6.45) is 6.21. The van der Waals surface area contributed by atoms with Gasteiger partial charge < -0.3 is 15.0 Å². The third-order valence-corrected chi connectivity index (χ3v) is 10.2. The molecule has 5 rings (SSSR count). The Kier molecular flexibility index (Phi) is 12.0. The van der Waals surface area contributed by atoms with Crippen LogP contribution in [0.3, 0.4) is 0 Å². The van der Waals surface area contributed by atoms with Crippen molar-refractivity contribution in [3.8, 4) is 11.5 Å². The first-order chi connectivity index (χ1) is 23.1. The third kappa shape index (κ3) is 9.75. The maximum Gasteiger partial charge on any atom is 0.244 e. The van der Waals surface area contributed by atoms with Gasteiger partial charge in [-0.3, -0.25) is 13.9 Å². The third-order valence-electron chi connectivity index (χ3n) is 8.34. The number of nitrogens with zero attached hydrogens (tertiary/aromatic N) is 2. The molecule has 11 heteroatoms. The Morgan fingerprint density at radius 1 is 0.812 bits per heavy atom. The van der Waals surface area contributed by atoms with Crippen molar-refractivity contribution in [2.24, 2.45) is 0 Å². The fraction of sp³-hybridized carbons (Fsp3) is 0.297. The minimum absolute atomic E-state index is 0.00671. The van der Waals surface area contributed by atoms with Gasteiger partial charge in [-0.25, -0.2) is 8.42 Å². The van der Waals surface area contributed by atoms with Crippen LogP contribution in [-0.4, -0.2) is 50.0 Å². The van der Waals surface area contributed by atoms with Crippen molar-refractivity contribution in [3.05, 3.63) is 124 Å². The number of hydrogen-bond donors (Lipinski definition) is 1. The van der Waals surface area contributed by atoms with Crippen LogP contribution in [0.2, 0.25) is 10.0 Å². The minimum Gasteiger partial charge on any atom is -0.457 e. The van der Waals surface area contributed by atoms with Gasteiger partial charge in [0, 0.05) is 19.0 Å². The molecule has 0 aliphatic heterocycles. The van der Waals surface area contributed by atoms with Crippen LogP contribution in [0.15, 0.2) is 103 Å². The molecule has 0 spiro atoms. The number of benzene rings is 4. The Morgan fingerprint density at radius 2 is 1.44 bits per heavy atom. The highest BCUT2D eigenvalue weighted by Gasteiger charge is 2.34. The van der Waals surface area contributed by atoms with Crippen LogP contribution in [0.1, 0.15) is 43.2 Å². The first kappa shape index (κ1) is 35.3. The first-order valence-electron chi connectivity index (χ1n) is 16.0. The van der Waals surface area contributed by atoms with E-state index in [4.69, 9.17) is 27.9 Å². The molecular weight excluding hydrogens is 669 g/mol. The predicted octanol–water partition coefficient (Wildman–Crippen LogP) is 7.64. The Morgan fingerprint density at radius 3 is 2.06 bits per heavy atom. The summed E-state index contributed by atoms with van der Waals surface area (Å²) in [7, 11) is -3.93. The number of carbonyl (C=O) groups is 2. The fourth-order valence-corrected chi connectivity index (χ4v) is 7.02. The first-order valence-corrected chi connectivity index (χ1v) is 18.6. The zero-order valence-electron chi connectivity index (χ0n) is 26.7. The molecule has 4 aromatic rings. The summed E-state index contributed by atoms with van der Waals surface area (Å²) in [5.41, 5.74) is 1.80. The molecule has 4 aromatic carbocycles.